The lowest BCUT2D eigenvalue weighted by molar-refractivity contribution is 0.671. The number of anilines is 1. The molecule has 0 amide bonds. The average molecular weight is 257 g/mol. The number of aromatic nitrogens is 1. The summed E-state index contributed by atoms with van der Waals surface area (Å²) < 4.78 is 0. The van der Waals surface area contributed by atoms with Crippen LogP contribution in [-0.2, 0) is 6.54 Å². The van der Waals surface area contributed by atoms with Crippen molar-refractivity contribution >= 4 is 5.69 Å². The lowest BCUT2D eigenvalue weighted by atomic mass is 10.2. The third-order valence-electron chi connectivity index (χ3n) is 4.49. The van der Waals surface area contributed by atoms with E-state index in [1.807, 2.05) is 6.20 Å². The normalized spacial score (nSPS) is 22.5. The maximum atomic E-state index is 4.33. The first-order valence-corrected chi connectivity index (χ1v) is 7.83. The summed E-state index contributed by atoms with van der Waals surface area (Å²) in [6, 6.07) is 3.80. The molecular weight excluding hydrogens is 234 g/mol. The number of rotatable bonds is 7. The Bertz CT molecular complexity index is 447. The monoisotopic (exact) mass is 257 g/mol. The van der Waals surface area contributed by atoms with Crippen molar-refractivity contribution < 1.29 is 0 Å². The number of nitrogens with one attached hydrogen (secondary N) is 1. The van der Waals surface area contributed by atoms with Gasteiger partial charge < -0.3 is 10.2 Å². The standard InChI is InChI=1S/C16H23N3/c1-2-12(1)11-19(15-5-6-15)16-7-8-17-9-13(16)10-18-14-3-4-14/h7-9,12,14-15,18H,1-6,10-11H2. The van der Waals surface area contributed by atoms with Crippen LogP contribution in [0.2, 0.25) is 0 Å². The van der Waals surface area contributed by atoms with Crippen molar-refractivity contribution in [3.8, 4) is 0 Å². The zero-order valence-corrected chi connectivity index (χ0v) is 11.5. The Morgan fingerprint density at radius 2 is 2.00 bits per heavy atom. The molecular formula is C16H23N3. The molecule has 0 radical (unpaired) electrons. The number of pyridine rings is 1. The van der Waals surface area contributed by atoms with Gasteiger partial charge in [0.25, 0.3) is 0 Å². The molecule has 1 aromatic heterocycles. The number of nitrogens with zero attached hydrogens (tertiary/aromatic N) is 2. The highest BCUT2D eigenvalue weighted by Gasteiger charge is 2.34. The fraction of sp³-hybridized carbons (Fsp3) is 0.688. The van der Waals surface area contributed by atoms with Crippen LogP contribution in [0, 0.1) is 5.92 Å². The van der Waals surface area contributed by atoms with Crippen LogP contribution in [0.4, 0.5) is 5.69 Å². The van der Waals surface area contributed by atoms with Gasteiger partial charge in [-0.05, 0) is 50.5 Å². The van der Waals surface area contributed by atoms with Crippen LogP contribution >= 0.6 is 0 Å². The third kappa shape index (κ3) is 2.92. The maximum Gasteiger partial charge on any atom is 0.0445 e. The van der Waals surface area contributed by atoms with E-state index in [4.69, 9.17) is 0 Å². The smallest absolute Gasteiger partial charge is 0.0445 e. The topological polar surface area (TPSA) is 28.2 Å². The molecule has 0 spiro atoms. The van der Waals surface area contributed by atoms with Gasteiger partial charge in [-0.25, -0.2) is 0 Å². The summed E-state index contributed by atoms with van der Waals surface area (Å²) in [5.41, 5.74) is 2.83. The Morgan fingerprint density at radius 3 is 2.68 bits per heavy atom. The largest absolute Gasteiger partial charge is 0.368 e. The van der Waals surface area contributed by atoms with Crippen molar-refractivity contribution in [2.45, 2.75) is 57.2 Å². The Balaban J connectivity index is 1.52. The molecule has 0 unspecified atom stereocenters. The summed E-state index contributed by atoms with van der Waals surface area (Å²) in [6.45, 7) is 2.26. The molecule has 3 nitrogen and oxygen atoms in total. The average Bonchev–Trinajstić information content (AvgIpc) is 3.29. The summed E-state index contributed by atoms with van der Waals surface area (Å²) >= 11 is 0. The second kappa shape index (κ2) is 4.78. The van der Waals surface area contributed by atoms with Crippen molar-refractivity contribution in [1.29, 1.82) is 0 Å². The van der Waals surface area contributed by atoms with E-state index >= 15 is 0 Å². The van der Waals surface area contributed by atoms with Crippen LogP contribution in [0.15, 0.2) is 18.5 Å². The summed E-state index contributed by atoms with van der Waals surface area (Å²) in [6.07, 6.45) is 12.3. The van der Waals surface area contributed by atoms with Crippen LogP contribution in [0.1, 0.15) is 44.1 Å². The first kappa shape index (κ1) is 11.7. The Kier molecular flexibility index (Phi) is 2.95. The zero-order chi connectivity index (χ0) is 12.7. The lowest BCUT2D eigenvalue weighted by Crippen LogP contribution is -2.30. The molecule has 3 heteroatoms. The molecule has 19 heavy (non-hydrogen) atoms. The summed E-state index contributed by atoms with van der Waals surface area (Å²) in [5.74, 6) is 0.956. The SMILES string of the molecule is c1cc(N(CC2CC2)C2CC2)c(CNC2CC2)cn1. The molecule has 1 aromatic rings. The van der Waals surface area contributed by atoms with E-state index in [0.29, 0.717) is 0 Å². The van der Waals surface area contributed by atoms with Gasteiger partial charge in [-0.1, -0.05) is 0 Å². The molecule has 0 bridgehead atoms. The minimum absolute atomic E-state index is 0.769. The highest BCUT2D eigenvalue weighted by Crippen LogP contribution is 2.38. The first-order chi connectivity index (χ1) is 9.40. The fourth-order valence-corrected chi connectivity index (χ4v) is 2.79. The summed E-state index contributed by atoms with van der Waals surface area (Å²) in [5, 5.41) is 3.63. The van der Waals surface area contributed by atoms with E-state index in [1.165, 1.54) is 56.3 Å². The van der Waals surface area contributed by atoms with E-state index in [-0.39, 0.29) is 0 Å². The second-order valence-corrected chi connectivity index (χ2v) is 6.49. The van der Waals surface area contributed by atoms with Gasteiger partial charge >= 0.3 is 0 Å². The number of hydrogen-bond acceptors (Lipinski definition) is 3. The maximum absolute atomic E-state index is 4.33. The Labute approximate surface area is 115 Å². The number of hydrogen-bond donors (Lipinski definition) is 1. The predicted molar refractivity (Wildman–Crippen MR) is 77.2 cm³/mol. The quantitative estimate of drug-likeness (QED) is 0.814. The molecule has 1 N–H and O–H groups in total. The van der Waals surface area contributed by atoms with Crippen LogP contribution < -0.4 is 10.2 Å². The van der Waals surface area contributed by atoms with Gasteiger partial charge in [0.2, 0.25) is 0 Å². The second-order valence-electron chi connectivity index (χ2n) is 6.49. The lowest BCUT2D eigenvalue weighted by Gasteiger charge is -2.27. The van der Waals surface area contributed by atoms with E-state index < -0.39 is 0 Å². The van der Waals surface area contributed by atoms with Crippen LogP contribution in [-0.4, -0.2) is 23.6 Å². The molecule has 0 aliphatic heterocycles. The molecule has 0 aromatic carbocycles. The predicted octanol–water partition coefficient (Wildman–Crippen LogP) is 2.71. The minimum Gasteiger partial charge on any atom is -0.368 e. The molecule has 3 fully saturated rings. The molecule has 4 rings (SSSR count). The van der Waals surface area contributed by atoms with Crippen molar-refractivity contribution in [3.05, 3.63) is 24.0 Å². The molecule has 3 aliphatic carbocycles. The highest BCUT2D eigenvalue weighted by atomic mass is 15.2. The van der Waals surface area contributed by atoms with Gasteiger partial charge in [0.1, 0.15) is 0 Å². The molecule has 0 saturated heterocycles. The minimum atomic E-state index is 0.769. The molecule has 102 valence electrons. The van der Waals surface area contributed by atoms with Crippen LogP contribution in [0.3, 0.4) is 0 Å². The van der Waals surface area contributed by atoms with Crippen molar-refractivity contribution in [2.24, 2.45) is 5.92 Å². The van der Waals surface area contributed by atoms with Gasteiger partial charge in [0.05, 0.1) is 0 Å². The van der Waals surface area contributed by atoms with Gasteiger partial charge in [-0.3, -0.25) is 4.98 Å². The van der Waals surface area contributed by atoms with Crippen molar-refractivity contribution in [3.63, 3.8) is 0 Å². The first-order valence-electron chi connectivity index (χ1n) is 7.83. The van der Waals surface area contributed by atoms with Crippen LogP contribution in [0.25, 0.3) is 0 Å². The molecule has 3 aliphatic rings. The van der Waals surface area contributed by atoms with Gasteiger partial charge in [0.15, 0.2) is 0 Å². The molecule has 1 heterocycles. The van der Waals surface area contributed by atoms with Crippen LogP contribution in [0.5, 0.6) is 0 Å². The van der Waals surface area contributed by atoms with E-state index in [1.54, 1.807) is 0 Å². The van der Waals surface area contributed by atoms with Gasteiger partial charge in [-0.2, -0.15) is 0 Å². The van der Waals surface area contributed by atoms with Crippen molar-refractivity contribution in [1.82, 2.24) is 10.3 Å². The van der Waals surface area contributed by atoms with E-state index in [9.17, 15) is 0 Å². The van der Waals surface area contributed by atoms with Crippen molar-refractivity contribution in [2.75, 3.05) is 11.4 Å². The zero-order valence-electron chi connectivity index (χ0n) is 11.5. The summed E-state index contributed by atoms with van der Waals surface area (Å²) in [4.78, 5) is 7.00. The molecule has 0 atom stereocenters. The van der Waals surface area contributed by atoms with Gasteiger partial charge in [0, 0.05) is 48.8 Å². The molecule has 3 saturated carbocycles. The summed E-state index contributed by atoms with van der Waals surface area (Å²) in [7, 11) is 0. The van der Waals surface area contributed by atoms with E-state index in [0.717, 1.165) is 24.5 Å². The Morgan fingerprint density at radius 1 is 1.16 bits per heavy atom. The fourth-order valence-electron chi connectivity index (χ4n) is 2.79. The van der Waals surface area contributed by atoms with E-state index in [2.05, 4.69) is 27.5 Å². The van der Waals surface area contributed by atoms with Gasteiger partial charge in [-0.15, -0.1) is 0 Å². The highest BCUT2D eigenvalue weighted by molar-refractivity contribution is 5.54. The Hall–Kier alpha value is -1.09. The third-order valence-corrected chi connectivity index (χ3v) is 4.49.